The van der Waals surface area contributed by atoms with Gasteiger partial charge in [-0.3, -0.25) is 9.52 Å². The van der Waals surface area contributed by atoms with Gasteiger partial charge in [0.25, 0.3) is 10.0 Å². The molecule has 0 spiro atoms. The lowest BCUT2D eigenvalue weighted by molar-refractivity contribution is -0.127. The maximum Gasteiger partial charge on any atom is 0.261 e. The fourth-order valence-corrected chi connectivity index (χ4v) is 4.53. The molecule has 0 unspecified atom stereocenters. The molecule has 7 nitrogen and oxygen atoms in total. The fourth-order valence-electron chi connectivity index (χ4n) is 3.40. The third kappa shape index (κ3) is 4.91. The minimum atomic E-state index is -3.82. The first-order chi connectivity index (χ1) is 15.1. The molecule has 1 amide bonds. The minimum absolute atomic E-state index is 0.0784. The summed E-state index contributed by atoms with van der Waals surface area (Å²) in [5.41, 5.74) is 0.948. The van der Waals surface area contributed by atoms with Gasteiger partial charge in [-0.1, -0.05) is 13.0 Å². The Hall–Kier alpha value is -3.00. The van der Waals surface area contributed by atoms with E-state index in [9.17, 15) is 13.2 Å². The van der Waals surface area contributed by atoms with Crippen molar-refractivity contribution in [3.8, 4) is 11.5 Å². The summed E-state index contributed by atoms with van der Waals surface area (Å²) in [5.74, 6) is 1.02. The van der Waals surface area contributed by atoms with E-state index in [1.165, 1.54) is 6.07 Å². The van der Waals surface area contributed by atoms with Gasteiger partial charge in [0.15, 0.2) is 0 Å². The number of hydrogen-bond acceptors (Lipinski definition) is 5. The van der Waals surface area contributed by atoms with Crippen LogP contribution in [0.25, 0.3) is 0 Å². The van der Waals surface area contributed by atoms with Crippen LogP contribution in [-0.2, 0) is 14.8 Å². The molecule has 1 aliphatic rings. The number of carbonyl (C=O) groups excluding carboxylic acids is 1. The van der Waals surface area contributed by atoms with Crippen molar-refractivity contribution < 1.29 is 22.7 Å². The number of aryl methyl sites for hydroxylation is 1. The van der Waals surface area contributed by atoms with Gasteiger partial charge in [0.1, 0.15) is 18.1 Å². The highest BCUT2D eigenvalue weighted by Gasteiger charge is 2.37. The molecule has 0 atom stereocenters. The average Bonchev–Trinajstić information content (AvgIpc) is 2.83. The van der Waals surface area contributed by atoms with E-state index in [0.29, 0.717) is 36.0 Å². The SMILES string of the molecule is C=CCN1C(=O)C(C)(C)COc2cc(NS(=O)(=O)c3ccc(OCCC)c(C)c3)ccc21. The second kappa shape index (κ2) is 9.24. The maximum absolute atomic E-state index is 13.0. The number of carbonyl (C=O) groups is 1. The van der Waals surface area contributed by atoms with E-state index in [4.69, 9.17) is 9.47 Å². The quantitative estimate of drug-likeness (QED) is 0.588. The molecule has 0 fully saturated rings. The molecule has 0 saturated heterocycles. The van der Waals surface area contributed by atoms with Crippen molar-refractivity contribution in [1.82, 2.24) is 0 Å². The third-order valence-corrected chi connectivity index (χ3v) is 6.52. The molecule has 8 heteroatoms. The first kappa shape index (κ1) is 23.7. The topological polar surface area (TPSA) is 84.9 Å². The van der Waals surface area contributed by atoms with Crippen molar-refractivity contribution >= 4 is 27.3 Å². The number of fused-ring (bicyclic) bond motifs is 1. The van der Waals surface area contributed by atoms with Gasteiger partial charge in [-0.25, -0.2) is 8.42 Å². The molecule has 2 aromatic rings. The maximum atomic E-state index is 13.0. The molecule has 3 rings (SSSR count). The second-order valence-electron chi connectivity index (χ2n) is 8.44. The van der Waals surface area contributed by atoms with E-state index in [0.717, 1.165) is 12.0 Å². The first-order valence-corrected chi connectivity index (χ1v) is 12.0. The summed E-state index contributed by atoms with van der Waals surface area (Å²) in [6, 6.07) is 9.67. The monoisotopic (exact) mass is 458 g/mol. The Morgan fingerprint density at radius 1 is 1.25 bits per heavy atom. The Balaban J connectivity index is 1.89. The highest BCUT2D eigenvalue weighted by atomic mass is 32.2. The van der Waals surface area contributed by atoms with Crippen LogP contribution in [-0.4, -0.2) is 34.1 Å². The summed E-state index contributed by atoms with van der Waals surface area (Å²) in [6.45, 7) is 12.3. The number of anilines is 2. The number of nitrogens with one attached hydrogen (secondary N) is 1. The number of amides is 1. The van der Waals surface area contributed by atoms with Crippen molar-refractivity contribution in [2.45, 2.75) is 39.0 Å². The molecule has 0 bridgehead atoms. The van der Waals surface area contributed by atoms with Gasteiger partial charge in [-0.05, 0) is 63.1 Å². The van der Waals surface area contributed by atoms with E-state index in [-0.39, 0.29) is 17.4 Å². The number of ether oxygens (including phenoxy) is 2. The molecule has 1 heterocycles. The van der Waals surface area contributed by atoms with Gasteiger partial charge >= 0.3 is 0 Å². The molecule has 0 saturated carbocycles. The summed E-state index contributed by atoms with van der Waals surface area (Å²) < 4.78 is 40.1. The Bertz CT molecular complexity index is 1130. The summed E-state index contributed by atoms with van der Waals surface area (Å²) in [7, 11) is -3.82. The number of rotatable bonds is 8. The lowest BCUT2D eigenvalue weighted by Gasteiger charge is -2.27. The van der Waals surface area contributed by atoms with Gasteiger partial charge < -0.3 is 14.4 Å². The number of benzene rings is 2. The minimum Gasteiger partial charge on any atom is -0.493 e. The molecule has 1 aliphatic heterocycles. The molecule has 172 valence electrons. The molecular formula is C24H30N2O5S. The van der Waals surface area contributed by atoms with Crippen LogP contribution in [0.1, 0.15) is 32.8 Å². The van der Waals surface area contributed by atoms with Gasteiger partial charge in [0.05, 0.1) is 28.3 Å². The molecule has 0 aliphatic carbocycles. The zero-order valence-electron chi connectivity index (χ0n) is 19.0. The average molecular weight is 459 g/mol. The van der Waals surface area contributed by atoms with E-state index in [1.54, 1.807) is 41.3 Å². The molecule has 1 N–H and O–H groups in total. The van der Waals surface area contributed by atoms with Gasteiger partial charge in [0, 0.05) is 12.6 Å². The van der Waals surface area contributed by atoms with E-state index < -0.39 is 15.4 Å². The zero-order valence-corrected chi connectivity index (χ0v) is 19.8. The smallest absolute Gasteiger partial charge is 0.261 e. The predicted molar refractivity (Wildman–Crippen MR) is 126 cm³/mol. The van der Waals surface area contributed by atoms with Crippen LogP contribution < -0.4 is 19.1 Å². The Kier molecular flexibility index (Phi) is 6.83. The summed E-state index contributed by atoms with van der Waals surface area (Å²) in [5, 5.41) is 0. The second-order valence-corrected chi connectivity index (χ2v) is 10.1. The Morgan fingerprint density at radius 3 is 2.66 bits per heavy atom. The highest BCUT2D eigenvalue weighted by Crippen LogP contribution is 2.38. The number of sulfonamides is 1. The number of hydrogen-bond donors (Lipinski definition) is 1. The predicted octanol–water partition coefficient (Wildman–Crippen LogP) is 4.52. The molecule has 0 aromatic heterocycles. The molecule has 2 aromatic carbocycles. The third-order valence-electron chi connectivity index (χ3n) is 5.15. The Labute approximate surface area is 190 Å². The van der Waals surface area contributed by atoms with E-state index in [2.05, 4.69) is 11.3 Å². The summed E-state index contributed by atoms with van der Waals surface area (Å²) >= 11 is 0. The molecular weight excluding hydrogens is 428 g/mol. The highest BCUT2D eigenvalue weighted by molar-refractivity contribution is 7.92. The first-order valence-electron chi connectivity index (χ1n) is 10.5. The van der Waals surface area contributed by atoms with Crippen molar-refractivity contribution in [3.05, 3.63) is 54.6 Å². The number of nitrogens with zero attached hydrogens (tertiary/aromatic N) is 1. The Morgan fingerprint density at radius 2 is 2.00 bits per heavy atom. The molecule has 32 heavy (non-hydrogen) atoms. The van der Waals surface area contributed by atoms with Crippen LogP contribution in [0, 0.1) is 12.3 Å². The normalized spacial score (nSPS) is 15.4. The standard InChI is InChI=1S/C24H30N2O5S/c1-6-12-26-20-10-8-18(15-22(20)31-16-24(4,5)23(26)27)25-32(28,29)19-9-11-21(17(3)14-19)30-13-7-2/h6,8-11,14-15,25H,1,7,12-13,16H2,2-5H3. The fraction of sp³-hybridized carbons (Fsp3) is 0.375. The summed E-state index contributed by atoms with van der Waals surface area (Å²) in [4.78, 5) is 14.7. The van der Waals surface area contributed by atoms with Crippen LogP contribution in [0.4, 0.5) is 11.4 Å². The van der Waals surface area contributed by atoms with Crippen LogP contribution in [0.2, 0.25) is 0 Å². The lowest BCUT2D eigenvalue weighted by Crippen LogP contribution is -2.42. The van der Waals surface area contributed by atoms with E-state index >= 15 is 0 Å². The van der Waals surface area contributed by atoms with Crippen molar-refractivity contribution in [3.63, 3.8) is 0 Å². The lowest BCUT2D eigenvalue weighted by atomic mass is 9.93. The van der Waals surface area contributed by atoms with Crippen LogP contribution in [0.5, 0.6) is 11.5 Å². The van der Waals surface area contributed by atoms with E-state index in [1.807, 2.05) is 27.7 Å². The van der Waals surface area contributed by atoms with Gasteiger partial charge in [-0.15, -0.1) is 6.58 Å². The van der Waals surface area contributed by atoms with Crippen LogP contribution >= 0.6 is 0 Å². The molecule has 0 radical (unpaired) electrons. The van der Waals surface area contributed by atoms with Gasteiger partial charge in [0.2, 0.25) is 5.91 Å². The largest absolute Gasteiger partial charge is 0.493 e. The van der Waals surface area contributed by atoms with Crippen molar-refractivity contribution in [1.29, 1.82) is 0 Å². The van der Waals surface area contributed by atoms with Crippen molar-refractivity contribution in [2.75, 3.05) is 29.4 Å². The summed E-state index contributed by atoms with van der Waals surface area (Å²) in [6.07, 6.45) is 2.52. The van der Waals surface area contributed by atoms with Gasteiger partial charge in [-0.2, -0.15) is 0 Å². The van der Waals surface area contributed by atoms with Crippen molar-refractivity contribution in [2.24, 2.45) is 5.41 Å². The van der Waals surface area contributed by atoms with Crippen LogP contribution in [0.15, 0.2) is 53.9 Å². The van der Waals surface area contributed by atoms with Crippen LogP contribution in [0.3, 0.4) is 0 Å². The zero-order chi connectivity index (χ0) is 23.5.